The van der Waals surface area contributed by atoms with Gasteiger partial charge in [0, 0.05) is 23.5 Å². The molecule has 0 aliphatic carbocycles. The molecule has 0 atom stereocenters. The molecule has 26 heavy (non-hydrogen) atoms. The molecule has 0 saturated heterocycles. The molecule has 1 heterocycles. The molecule has 0 unspecified atom stereocenters. The number of aliphatic carboxylic acids is 1. The minimum absolute atomic E-state index is 0.0349. The van der Waals surface area contributed by atoms with Gasteiger partial charge in [-0.2, -0.15) is 0 Å². The smallest absolute Gasteiger partial charge is 0.303 e. The van der Waals surface area contributed by atoms with E-state index in [-0.39, 0.29) is 18.9 Å². The second-order valence-corrected chi connectivity index (χ2v) is 8.73. The van der Waals surface area contributed by atoms with Gasteiger partial charge in [-0.25, -0.2) is 13.1 Å². The molecule has 3 N–H and O–H groups in total. The highest BCUT2D eigenvalue weighted by atomic mass is 32.2. The van der Waals surface area contributed by atoms with Crippen molar-refractivity contribution in [1.29, 1.82) is 0 Å². The summed E-state index contributed by atoms with van der Waals surface area (Å²) >= 11 is 1.30. The molecule has 2 rings (SSSR count). The van der Waals surface area contributed by atoms with Gasteiger partial charge in [-0.1, -0.05) is 12.1 Å². The van der Waals surface area contributed by atoms with Crippen LogP contribution in [0.3, 0.4) is 0 Å². The molecule has 1 amide bonds. The van der Waals surface area contributed by atoms with Gasteiger partial charge in [-0.05, 0) is 42.7 Å². The molecular weight excluding hydrogens is 376 g/mol. The Morgan fingerprint density at radius 2 is 1.92 bits per heavy atom. The number of anilines is 1. The molecule has 0 spiro atoms. The lowest BCUT2D eigenvalue weighted by molar-refractivity contribution is -0.136. The first-order chi connectivity index (χ1) is 12.2. The average molecular weight is 396 g/mol. The lowest BCUT2D eigenvalue weighted by atomic mass is 10.1. The summed E-state index contributed by atoms with van der Waals surface area (Å²) in [6, 6.07) is 10.6. The number of carboxylic acids is 1. The Bertz CT molecular complexity index is 890. The molecule has 0 aliphatic heterocycles. The quantitative estimate of drug-likeness (QED) is 0.601. The number of nitrogens with one attached hydrogen (secondary N) is 2. The third-order valence-corrected chi connectivity index (χ3v) is 5.31. The number of sulfonamides is 1. The van der Waals surface area contributed by atoms with E-state index in [1.165, 1.54) is 11.3 Å². The van der Waals surface area contributed by atoms with Gasteiger partial charge >= 0.3 is 5.97 Å². The molecule has 0 bridgehead atoms. The van der Waals surface area contributed by atoms with E-state index in [0.29, 0.717) is 23.4 Å². The number of thiophene rings is 1. The van der Waals surface area contributed by atoms with Gasteiger partial charge in [0.2, 0.25) is 10.0 Å². The number of hydrogen-bond acceptors (Lipinski definition) is 5. The van der Waals surface area contributed by atoms with Crippen LogP contribution in [0.4, 0.5) is 5.69 Å². The van der Waals surface area contributed by atoms with Gasteiger partial charge in [0.15, 0.2) is 0 Å². The highest BCUT2D eigenvalue weighted by Crippen LogP contribution is 2.19. The predicted molar refractivity (Wildman–Crippen MR) is 101 cm³/mol. The van der Waals surface area contributed by atoms with Crippen LogP contribution in [0.15, 0.2) is 36.4 Å². The molecule has 0 saturated carbocycles. The topological polar surface area (TPSA) is 113 Å². The second-order valence-electron chi connectivity index (χ2n) is 5.73. The molecule has 0 aliphatic rings. The maximum Gasteiger partial charge on any atom is 0.303 e. The Labute approximate surface area is 156 Å². The van der Waals surface area contributed by atoms with Gasteiger partial charge in [0.05, 0.1) is 11.1 Å². The molecule has 0 fully saturated rings. The Hall–Kier alpha value is -2.23. The summed E-state index contributed by atoms with van der Waals surface area (Å²) < 4.78 is 24.5. The van der Waals surface area contributed by atoms with E-state index in [4.69, 9.17) is 5.11 Å². The van der Waals surface area contributed by atoms with Crippen molar-refractivity contribution >= 4 is 38.9 Å². The number of carbonyl (C=O) groups is 2. The van der Waals surface area contributed by atoms with Crippen molar-refractivity contribution in [2.45, 2.75) is 19.3 Å². The van der Waals surface area contributed by atoms with Crippen molar-refractivity contribution in [2.24, 2.45) is 0 Å². The van der Waals surface area contributed by atoms with Gasteiger partial charge in [0.25, 0.3) is 5.91 Å². The van der Waals surface area contributed by atoms with Crippen LogP contribution in [0.5, 0.6) is 0 Å². The van der Waals surface area contributed by atoms with Gasteiger partial charge in [-0.3, -0.25) is 9.59 Å². The number of carboxylic acid groups (broad SMARTS) is 1. The van der Waals surface area contributed by atoms with Crippen LogP contribution < -0.4 is 10.0 Å². The maximum atomic E-state index is 12.3. The van der Waals surface area contributed by atoms with Crippen molar-refractivity contribution in [3.8, 4) is 0 Å². The van der Waals surface area contributed by atoms with E-state index in [1.54, 1.807) is 30.3 Å². The zero-order valence-corrected chi connectivity index (χ0v) is 15.8. The SMILES string of the molecule is CS(=O)(=O)NCCc1ccc(C(=O)Nc2cccc(CCC(=O)O)c2)s1. The standard InChI is InChI=1S/C17H20N2O5S2/c1-26(23,24)18-10-9-14-6-7-15(25-14)17(22)19-13-4-2-3-12(11-13)5-8-16(20)21/h2-4,6-7,11,18H,5,8-10H2,1H3,(H,19,22)(H,20,21). The van der Waals surface area contributed by atoms with Crippen molar-refractivity contribution in [3.05, 3.63) is 51.7 Å². The fourth-order valence-corrected chi connectivity index (χ4v) is 3.62. The van der Waals surface area contributed by atoms with E-state index >= 15 is 0 Å². The fraction of sp³-hybridized carbons (Fsp3) is 0.294. The van der Waals surface area contributed by atoms with Gasteiger partial charge in [-0.15, -0.1) is 11.3 Å². The molecule has 7 nitrogen and oxygen atoms in total. The Kier molecular flexibility index (Phi) is 6.90. The van der Waals surface area contributed by atoms with Crippen LogP contribution in [-0.2, 0) is 27.7 Å². The van der Waals surface area contributed by atoms with E-state index < -0.39 is 16.0 Å². The van der Waals surface area contributed by atoms with Crippen LogP contribution in [0, 0.1) is 0 Å². The third-order valence-electron chi connectivity index (χ3n) is 3.43. The Morgan fingerprint density at radius 3 is 2.62 bits per heavy atom. The number of amides is 1. The number of benzene rings is 1. The van der Waals surface area contributed by atoms with Gasteiger partial charge in [0.1, 0.15) is 0 Å². The first-order valence-electron chi connectivity index (χ1n) is 7.88. The monoisotopic (exact) mass is 396 g/mol. The number of aryl methyl sites for hydroxylation is 1. The fourth-order valence-electron chi connectivity index (χ4n) is 2.24. The van der Waals surface area contributed by atoms with E-state index in [2.05, 4.69) is 10.0 Å². The highest BCUT2D eigenvalue weighted by molar-refractivity contribution is 7.88. The maximum absolute atomic E-state index is 12.3. The van der Waals surface area contributed by atoms with Crippen molar-refractivity contribution in [2.75, 3.05) is 18.1 Å². The zero-order valence-electron chi connectivity index (χ0n) is 14.2. The third kappa shape index (κ3) is 6.95. The predicted octanol–water partition coefficient (Wildman–Crippen LogP) is 2.11. The molecule has 2 aromatic rings. The molecule has 1 aromatic carbocycles. The summed E-state index contributed by atoms with van der Waals surface area (Å²) in [7, 11) is -3.22. The first-order valence-corrected chi connectivity index (χ1v) is 10.6. The van der Waals surface area contributed by atoms with Crippen LogP contribution in [0.2, 0.25) is 0 Å². The minimum atomic E-state index is -3.22. The summed E-state index contributed by atoms with van der Waals surface area (Å²) in [4.78, 5) is 24.4. The summed E-state index contributed by atoms with van der Waals surface area (Å²) in [6.45, 7) is 0.284. The molecule has 0 radical (unpaired) electrons. The summed E-state index contributed by atoms with van der Waals surface area (Å²) in [5.41, 5.74) is 1.44. The number of hydrogen-bond donors (Lipinski definition) is 3. The highest BCUT2D eigenvalue weighted by Gasteiger charge is 2.11. The second kappa shape index (κ2) is 8.93. The molecule has 9 heteroatoms. The average Bonchev–Trinajstić information content (AvgIpc) is 3.01. The number of carbonyl (C=O) groups excluding carboxylic acids is 1. The van der Waals surface area contributed by atoms with E-state index in [0.717, 1.165) is 16.7 Å². The van der Waals surface area contributed by atoms with E-state index in [1.807, 2.05) is 6.07 Å². The van der Waals surface area contributed by atoms with Crippen LogP contribution >= 0.6 is 11.3 Å². The summed E-state index contributed by atoms with van der Waals surface area (Å²) in [5, 5.41) is 11.5. The van der Waals surface area contributed by atoms with Crippen molar-refractivity contribution in [3.63, 3.8) is 0 Å². The van der Waals surface area contributed by atoms with Gasteiger partial charge < -0.3 is 10.4 Å². The van der Waals surface area contributed by atoms with Crippen LogP contribution in [0.25, 0.3) is 0 Å². The molecule has 1 aromatic heterocycles. The van der Waals surface area contributed by atoms with E-state index in [9.17, 15) is 18.0 Å². The molecular formula is C17H20N2O5S2. The lowest BCUT2D eigenvalue weighted by Gasteiger charge is -2.06. The minimum Gasteiger partial charge on any atom is -0.481 e. The number of rotatable bonds is 9. The summed E-state index contributed by atoms with van der Waals surface area (Å²) in [5.74, 6) is -1.12. The Morgan fingerprint density at radius 1 is 1.15 bits per heavy atom. The largest absolute Gasteiger partial charge is 0.481 e. The summed E-state index contributed by atoms with van der Waals surface area (Å²) in [6.07, 6.45) is 2.04. The molecule has 140 valence electrons. The van der Waals surface area contributed by atoms with Crippen molar-refractivity contribution in [1.82, 2.24) is 4.72 Å². The lowest BCUT2D eigenvalue weighted by Crippen LogP contribution is -2.24. The van der Waals surface area contributed by atoms with Crippen molar-refractivity contribution < 1.29 is 23.1 Å². The Balaban J connectivity index is 1.93. The zero-order chi connectivity index (χ0) is 19.2. The van der Waals surface area contributed by atoms with Crippen LogP contribution in [-0.4, -0.2) is 38.2 Å². The first kappa shape index (κ1) is 20.1. The van der Waals surface area contributed by atoms with Crippen LogP contribution in [0.1, 0.15) is 26.5 Å². The normalized spacial score (nSPS) is 11.3.